The molecule has 0 aliphatic carbocycles. The number of rotatable bonds is 3. The minimum Gasteiger partial charge on any atom is -0.495 e. The van der Waals surface area contributed by atoms with Gasteiger partial charge >= 0.3 is 0 Å². The molecule has 0 spiro atoms. The topological polar surface area (TPSA) is 68.5 Å². The van der Waals surface area contributed by atoms with Crippen LogP contribution in [0.1, 0.15) is 34.4 Å². The molecule has 1 atom stereocenters. The minimum atomic E-state index is -0.0475. The van der Waals surface area contributed by atoms with Crippen molar-refractivity contribution in [2.75, 3.05) is 20.2 Å². The minimum absolute atomic E-state index is 0.0475. The van der Waals surface area contributed by atoms with Gasteiger partial charge in [0.05, 0.1) is 18.1 Å². The van der Waals surface area contributed by atoms with Crippen molar-refractivity contribution >= 4 is 17.5 Å². The predicted octanol–water partition coefficient (Wildman–Crippen LogP) is 2.67. The summed E-state index contributed by atoms with van der Waals surface area (Å²) in [7, 11) is 1.53. The molecule has 0 unspecified atom stereocenters. The van der Waals surface area contributed by atoms with Crippen molar-refractivity contribution in [1.82, 2.24) is 15.0 Å². The van der Waals surface area contributed by atoms with Crippen molar-refractivity contribution in [3.05, 3.63) is 40.5 Å². The zero-order valence-corrected chi connectivity index (χ0v) is 13.1. The molecule has 7 heteroatoms. The monoisotopic (exact) mass is 321 g/mol. The lowest BCUT2D eigenvalue weighted by atomic mass is 10.1. The smallest absolute Gasteiger partial charge is 0.254 e. The lowest BCUT2D eigenvalue weighted by Gasteiger charge is -2.16. The van der Waals surface area contributed by atoms with E-state index in [9.17, 15) is 4.79 Å². The number of carbonyl (C=O) groups excluding carboxylic acids is 1. The number of aromatic nitrogens is 2. The van der Waals surface area contributed by atoms with Crippen LogP contribution in [0.2, 0.25) is 5.02 Å². The number of hydrogen-bond acceptors (Lipinski definition) is 5. The summed E-state index contributed by atoms with van der Waals surface area (Å²) in [4.78, 5) is 18.6. The molecule has 0 bridgehead atoms. The third-order valence-electron chi connectivity index (χ3n) is 3.77. The number of ether oxygens (including phenoxy) is 1. The number of carbonyl (C=O) groups is 1. The van der Waals surface area contributed by atoms with Crippen molar-refractivity contribution in [2.24, 2.45) is 0 Å². The summed E-state index contributed by atoms with van der Waals surface area (Å²) < 4.78 is 10.4. The first-order chi connectivity index (χ1) is 10.6. The highest BCUT2D eigenvalue weighted by molar-refractivity contribution is 6.32. The Morgan fingerprint density at radius 1 is 1.50 bits per heavy atom. The number of benzene rings is 1. The van der Waals surface area contributed by atoms with Gasteiger partial charge in [-0.3, -0.25) is 4.79 Å². The Morgan fingerprint density at radius 2 is 2.32 bits per heavy atom. The van der Waals surface area contributed by atoms with Gasteiger partial charge in [-0.05, 0) is 31.5 Å². The fourth-order valence-corrected chi connectivity index (χ4v) is 2.80. The molecule has 0 saturated carbocycles. The zero-order chi connectivity index (χ0) is 15.7. The fraction of sp³-hybridized carbons (Fsp3) is 0.400. The molecule has 0 N–H and O–H groups in total. The summed E-state index contributed by atoms with van der Waals surface area (Å²) in [5, 5.41) is 4.29. The standard InChI is InChI=1S/C15H16ClN3O3/c1-9-17-14(22-18-9)11-5-6-19(8-11)15(20)10-3-4-12(16)13(7-10)21-2/h3-4,7,11H,5-6,8H2,1-2H3/t11-/m0/s1. The number of nitrogens with zero attached hydrogens (tertiary/aromatic N) is 3. The van der Waals surface area contributed by atoms with Crippen LogP contribution >= 0.6 is 11.6 Å². The third kappa shape index (κ3) is 2.78. The first-order valence-electron chi connectivity index (χ1n) is 7.01. The Hall–Kier alpha value is -2.08. The Kier molecular flexibility index (Phi) is 4.02. The average Bonchev–Trinajstić information content (AvgIpc) is 3.15. The number of aryl methyl sites for hydroxylation is 1. The van der Waals surface area contributed by atoms with Crippen LogP contribution in [-0.4, -0.2) is 41.1 Å². The Bertz CT molecular complexity index is 701. The number of amides is 1. The number of methoxy groups -OCH3 is 1. The van der Waals surface area contributed by atoms with Crippen molar-refractivity contribution < 1.29 is 14.1 Å². The molecular weight excluding hydrogens is 306 g/mol. The summed E-state index contributed by atoms with van der Waals surface area (Å²) in [6, 6.07) is 5.04. The highest BCUT2D eigenvalue weighted by Gasteiger charge is 2.31. The molecule has 2 aromatic rings. The second-order valence-corrected chi connectivity index (χ2v) is 5.67. The van der Waals surface area contributed by atoms with E-state index < -0.39 is 0 Å². The maximum atomic E-state index is 12.6. The van der Waals surface area contributed by atoms with Gasteiger partial charge in [-0.25, -0.2) is 0 Å². The Balaban J connectivity index is 1.74. The second kappa shape index (κ2) is 5.96. The summed E-state index contributed by atoms with van der Waals surface area (Å²) in [5.41, 5.74) is 0.559. The molecule has 22 heavy (non-hydrogen) atoms. The third-order valence-corrected chi connectivity index (χ3v) is 4.08. The van der Waals surface area contributed by atoms with Gasteiger partial charge in [0.15, 0.2) is 5.82 Å². The molecule has 0 radical (unpaired) electrons. The molecule has 1 aliphatic rings. The van der Waals surface area contributed by atoms with Crippen molar-refractivity contribution in [3.8, 4) is 5.75 Å². The van der Waals surface area contributed by atoms with E-state index in [4.69, 9.17) is 20.9 Å². The summed E-state index contributed by atoms with van der Waals surface area (Å²) in [6.07, 6.45) is 0.818. The molecule has 116 valence electrons. The van der Waals surface area contributed by atoms with Crippen LogP contribution < -0.4 is 4.74 Å². The molecule has 6 nitrogen and oxygen atoms in total. The van der Waals surface area contributed by atoms with E-state index in [0.29, 0.717) is 41.1 Å². The van der Waals surface area contributed by atoms with Crippen LogP contribution in [-0.2, 0) is 0 Å². The summed E-state index contributed by atoms with van der Waals surface area (Å²) in [5.74, 6) is 1.76. The molecule has 1 fully saturated rings. The van der Waals surface area contributed by atoms with Gasteiger partial charge in [-0.1, -0.05) is 16.8 Å². The van der Waals surface area contributed by atoms with Crippen LogP contribution in [0.15, 0.2) is 22.7 Å². The normalized spacial score (nSPS) is 17.8. The molecule has 1 aliphatic heterocycles. The van der Waals surface area contributed by atoms with Crippen LogP contribution in [0.4, 0.5) is 0 Å². The highest BCUT2D eigenvalue weighted by atomic mass is 35.5. The number of halogens is 1. The molecule has 2 heterocycles. The maximum Gasteiger partial charge on any atom is 0.254 e. The average molecular weight is 322 g/mol. The van der Waals surface area contributed by atoms with Crippen LogP contribution in [0, 0.1) is 6.92 Å². The highest BCUT2D eigenvalue weighted by Crippen LogP contribution is 2.29. The Labute approximate surface area is 133 Å². The van der Waals surface area contributed by atoms with Gasteiger partial charge in [-0.2, -0.15) is 4.98 Å². The number of hydrogen-bond donors (Lipinski definition) is 0. The van der Waals surface area contributed by atoms with Crippen LogP contribution in [0.3, 0.4) is 0 Å². The predicted molar refractivity (Wildman–Crippen MR) is 80.3 cm³/mol. The van der Waals surface area contributed by atoms with E-state index in [2.05, 4.69) is 10.1 Å². The molecule has 3 rings (SSSR count). The maximum absolute atomic E-state index is 12.6. The molecular formula is C15H16ClN3O3. The van der Waals surface area contributed by atoms with Gasteiger partial charge in [-0.15, -0.1) is 0 Å². The SMILES string of the molecule is COc1cc(C(=O)N2CC[C@H](c3nc(C)no3)C2)ccc1Cl. The van der Waals surface area contributed by atoms with E-state index in [1.165, 1.54) is 7.11 Å². The van der Waals surface area contributed by atoms with Crippen molar-refractivity contribution in [1.29, 1.82) is 0 Å². The summed E-state index contributed by atoms with van der Waals surface area (Å²) >= 11 is 5.99. The molecule has 1 aromatic carbocycles. The van der Waals surface area contributed by atoms with Gasteiger partial charge in [0.25, 0.3) is 5.91 Å². The largest absolute Gasteiger partial charge is 0.495 e. The Morgan fingerprint density at radius 3 is 3.00 bits per heavy atom. The van der Waals surface area contributed by atoms with Gasteiger partial charge in [0.2, 0.25) is 5.89 Å². The van der Waals surface area contributed by atoms with Gasteiger partial charge in [0.1, 0.15) is 5.75 Å². The van der Waals surface area contributed by atoms with Crippen molar-refractivity contribution in [3.63, 3.8) is 0 Å². The van der Waals surface area contributed by atoms with Crippen molar-refractivity contribution in [2.45, 2.75) is 19.3 Å². The first-order valence-corrected chi connectivity index (χ1v) is 7.39. The summed E-state index contributed by atoms with van der Waals surface area (Å²) in [6.45, 7) is 3.02. The molecule has 1 amide bonds. The van der Waals surface area contributed by atoms with Gasteiger partial charge in [0, 0.05) is 18.7 Å². The van der Waals surface area contributed by atoms with E-state index >= 15 is 0 Å². The molecule has 1 aromatic heterocycles. The van der Waals surface area contributed by atoms with E-state index in [-0.39, 0.29) is 11.8 Å². The van der Waals surface area contributed by atoms with E-state index in [1.54, 1.807) is 30.0 Å². The first kappa shape index (κ1) is 14.8. The van der Waals surface area contributed by atoms with E-state index in [1.807, 2.05) is 0 Å². The molecule has 1 saturated heterocycles. The second-order valence-electron chi connectivity index (χ2n) is 5.27. The van der Waals surface area contributed by atoms with Gasteiger partial charge < -0.3 is 14.2 Å². The van der Waals surface area contributed by atoms with E-state index in [0.717, 1.165) is 6.42 Å². The van der Waals surface area contributed by atoms with Crippen LogP contribution in [0.5, 0.6) is 5.75 Å². The lowest BCUT2D eigenvalue weighted by Crippen LogP contribution is -2.28. The zero-order valence-electron chi connectivity index (χ0n) is 12.4. The fourth-order valence-electron chi connectivity index (χ4n) is 2.60. The number of likely N-dealkylation sites (tertiary alicyclic amines) is 1. The van der Waals surface area contributed by atoms with Crippen LogP contribution in [0.25, 0.3) is 0 Å². The lowest BCUT2D eigenvalue weighted by molar-refractivity contribution is 0.0789. The quantitative estimate of drug-likeness (QED) is 0.869.